The summed E-state index contributed by atoms with van der Waals surface area (Å²) in [6.45, 7) is 19.1. The van der Waals surface area contributed by atoms with Crippen LogP contribution in [0.15, 0.2) is 243 Å². The van der Waals surface area contributed by atoms with Crippen molar-refractivity contribution in [1.82, 2.24) is 0 Å². The molecule has 0 saturated heterocycles. The molecule has 0 radical (unpaired) electrons. The summed E-state index contributed by atoms with van der Waals surface area (Å²) < 4.78 is 0. The van der Waals surface area contributed by atoms with Crippen molar-refractivity contribution in [2.24, 2.45) is 0 Å². The van der Waals surface area contributed by atoms with E-state index in [1.165, 1.54) is 187 Å². The number of fused-ring (bicyclic) bond motifs is 23. The molecule has 14 aromatic carbocycles. The molecule has 0 heteroatoms. The molecule has 0 aliphatic heterocycles. The highest BCUT2D eigenvalue weighted by Gasteiger charge is 2.39. The predicted octanol–water partition coefficient (Wildman–Crippen LogP) is 23.3. The Bertz CT molecular complexity index is 4730. The maximum absolute atomic E-state index is 2.54. The molecule has 4 aliphatic rings. The second-order valence-corrected chi connectivity index (χ2v) is 27.5. The van der Waals surface area contributed by atoms with Crippen LogP contribution in [0.2, 0.25) is 0 Å². The summed E-state index contributed by atoms with van der Waals surface area (Å²) in [5.74, 6) is 0. The van der Waals surface area contributed by atoms with Gasteiger partial charge in [-0.1, -0.05) is 250 Å². The van der Waals surface area contributed by atoms with Gasteiger partial charge in [-0.15, -0.1) is 0 Å². The maximum atomic E-state index is 2.54. The fraction of sp³-hybridized carbons (Fsp3) is 0.140. The van der Waals surface area contributed by atoms with Gasteiger partial charge < -0.3 is 0 Å². The van der Waals surface area contributed by atoms with Crippen LogP contribution in [-0.4, -0.2) is 0 Å². The predicted molar refractivity (Wildman–Crippen MR) is 366 cm³/mol. The van der Waals surface area contributed by atoms with Gasteiger partial charge in [0.15, 0.2) is 0 Å². The molecule has 408 valence electrons. The van der Waals surface area contributed by atoms with E-state index in [1.807, 2.05) is 0 Å². The summed E-state index contributed by atoms with van der Waals surface area (Å²) in [4.78, 5) is 0. The van der Waals surface area contributed by atoms with Crippen LogP contribution < -0.4 is 0 Å². The topological polar surface area (TPSA) is 0 Å². The van der Waals surface area contributed by atoms with Crippen LogP contribution in [0.5, 0.6) is 0 Å². The molecule has 86 heavy (non-hydrogen) atoms. The fourth-order valence-corrected chi connectivity index (χ4v) is 17.0. The SMILES string of the molecule is CC1(C)c2ccccc2-c2ccc(-c3ccc4c5ccc(-c6ccc7c(c6)C(C)(C)c6ccccc6-7)cc5c5c6cc(-c7ccc8c(c7)C(C)(C)c7ccccc7-8)ccc6c6ccc(-c7ccc8c(c7)C(C)(C)c7ccccc7-8)cc6c5c4c3)cc21. The molecule has 0 amide bonds. The van der Waals surface area contributed by atoms with Gasteiger partial charge in [0.1, 0.15) is 0 Å². The average Bonchev–Trinajstić information content (AvgIpc) is 1.15. The van der Waals surface area contributed by atoms with Gasteiger partial charge in [0.25, 0.3) is 0 Å². The lowest BCUT2D eigenvalue weighted by atomic mass is 9.80. The van der Waals surface area contributed by atoms with Gasteiger partial charge in [-0.3, -0.25) is 0 Å². The third-order valence-electron chi connectivity index (χ3n) is 21.7. The molecule has 18 rings (SSSR count). The van der Waals surface area contributed by atoms with Crippen molar-refractivity contribution in [1.29, 1.82) is 0 Å². The van der Waals surface area contributed by atoms with Gasteiger partial charge in [-0.2, -0.15) is 0 Å². The Hall–Kier alpha value is -9.62. The van der Waals surface area contributed by atoms with Crippen LogP contribution in [0.4, 0.5) is 0 Å². The lowest BCUT2D eigenvalue weighted by molar-refractivity contribution is 0.660. The summed E-state index contributed by atoms with van der Waals surface area (Å²) in [5.41, 5.74) is 31.3. The van der Waals surface area contributed by atoms with E-state index in [4.69, 9.17) is 0 Å². The van der Waals surface area contributed by atoms with Gasteiger partial charge in [-0.05, 0) is 236 Å². The molecule has 4 aliphatic carbocycles. The van der Waals surface area contributed by atoms with Crippen LogP contribution >= 0.6 is 0 Å². The minimum Gasteiger partial charge on any atom is -0.0619 e. The molecule has 0 aromatic heterocycles. The monoisotopic (exact) mass is 1100 g/mol. The third-order valence-corrected chi connectivity index (χ3v) is 21.7. The number of hydrogen-bond acceptors (Lipinski definition) is 0. The van der Waals surface area contributed by atoms with Gasteiger partial charge in [0, 0.05) is 21.7 Å². The quantitative estimate of drug-likeness (QED) is 0.154. The Morgan fingerprint density at radius 2 is 0.349 bits per heavy atom. The van der Waals surface area contributed by atoms with Crippen LogP contribution in [0.3, 0.4) is 0 Å². The molecule has 14 aromatic rings. The summed E-state index contributed by atoms with van der Waals surface area (Å²) in [7, 11) is 0. The normalized spacial score (nSPS) is 15.6. The Morgan fingerprint density at radius 1 is 0.163 bits per heavy atom. The highest BCUT2D eigenvalue weighted by molar-refractivity contribution is 6.40. The van der Waals surface area contributed by atoms with Gasteiger partial charge in [0.05, 0.1) is 0 Å². The van der Waals surface area contributed by atoms with E-state index in [9.17, 15) is 0 Å². The van der Waals surface area contributed by atoms with Crippen molar-refractivity contribution in [3.8, 4) is 89.0 Å². The second kappa shape index (κ2) is 17.1. The first-order valence-electron chi connectivity index (χ1n) is 31.0. The largest absolute Gasteiger partial charge is 0.0619 e. The van der Waals surface area contributed by atoms with Crippen molar-refractivity contribution in [3.63, 3.8) is 0 Å². The van der Waals surface area contributed by atoms with E-state index in [1.54, 1.807) is 0 Å². The minimum absolute atomic E-state index is 0.116. The highest BCUT2D eigenvalue weighted by atomic mass is 14.4. The summed E-state index contributed by atoms with van der Waals surface area (Å²) in [6.07, 6.45) is 0. The standard InChI is InChI=1S/C86H64/c1-83(2)73-21-13-9-17-61(73)65-37-29-53(45-77(65)83)49-25-33-57-58-34-26-51(55-31-39-67-63-19-11-15-23-75(63)85(5,6)79(67)47-55)43-71(58)82-72-44-52(56-32-40-68-64-20-12-16-24-76(64)86(7,8)80(68)48-56)28-36-60(72)59-35-27-50(42-70(59)81(82)69(57)41-49)54-30-38-66-62-18-10-14-22-74(62)84(3,4)78(66)46-54/h9-48H,1-8H3. The molecule has 0 heterocycles. The van der Waals surface area contributed by atoms with E-state index >= 15 is 0 Å². The van der Waals surface area contributed by atoms with Crippen LogP contribution in [0, 0.1) is 0 Å². The van der Waals surface area contributed by atoms with Crippen molar-refractivity contribution >= 4 is 53.9 Å². The van der Waals surface area contributed by atoms with Crippen molar-refractivity contribution < 1.29 is 0 Å². The highest BCUT2D eigenvalue weighted by Crippen LogP contribution is 2.56. The number of hydrogen-bond donors (Lipinski definition) is 0. The van der Waals surface area contributed by atoms with Gasteiger partial charge >= 0.3 is 0 Å². The van der Waals surface area contributed by atoms with E-state index in [2.05, 4.69) is 298 Å². The first-order chi connectivity index (χ1) is 41.6. The van der Waals surface area contributed by atoms with Crippen LogP contribution in [-0.2, 0) is 21.7 Å². The summed E-state index contributed by atoms with van der Waals surface area (Å²) >= 11 is 0. The molecular weight excluding hydrogens is 1030 g/mol. The zero-order valence-corrected chi connectivity index (χ0v) is 50.1. The Kier molecular flexibility index (Phi) is 9.87. The molecule has 0 nitrogen and oxygen atoms in total. The first kappa shape index (κ1) is 49.8. The average molecular weight is 1100 g/mol. The maximum Gasteiger partial charge on any atom is 0.0159 e. The second-order valence-electron chi connectivity index (χ2n) is 27.5. The summed E-state index contributed by atoms with van der Waals surface area (Å²) in [6, 6.07) is 94.4. The minimum atomic E-state index is -0.116. The smallest absolute Gasteiger partial charge is 0.0159 e. The van der Waals surface area contributed by atoms with Gasteiger partial charge in [0.2, 0.25) is 0 Å². The Balaban J connectivity index is 0.932. The van der Waals surface area contributed by atoms with Crippen molar-refractivity contribution in [3.05, 3.63) is 287 Å². The van der Waals surface area contributed by atoms with E-state index in [0.717, 1.165) is 0 Å². The molecule has 0 saturated carbocycles. The zero-order chi connectivity index (χ0) is 57.9. The van der Waals surface area contributed by atoms with Gasteiger partial charge in [-0.25, -0.2) is 0 Å². The molecule has 0 bridgehead atoms. The Morgan fingerprint density at radius 3 is 0.581 bits per heavy atom. The molecule has 0 N–H and O–H groups in total. The third kappa shape index (κ3) is 6.60. The molecule has 0 spiro atoms. The number of benzene rings is 14. The lowest BCUT2D eigenvalue weighted by Crippen LogP contribution is -2.14. The van der Waals surface area contributed by atoms with E-state index in [0.29, 0.717) is 0 Å². The van der Waals surface area contributed by atoms with Crippen LogP contribution in [0.25, 0.3) is 143 Å². The first-order valence-corrected chi connectivity index (χ1v) is 31.0. The zero-order valence-electron chi connectivity index (χ0n) is 50.1. The van der Waals surface area contributed by atoms with Crippen LogP contribution in [0.1, 0.15) is 99.9 Å². The molecule has 0 atom stereocenters. The molecular formula is C86H64. The number of rotatable bonds is 4. The fourth-order valence-electron chi connectivity index (χ4n) is 17.0. The summed E-state index contributed by atoms with van der Waals surface area (Å²) in [5, 5.41) is 12.8. The Labute approximate surface area is 504 Å². The van der Waals surface area contributed by atoms with Crippen molar-refractivity contribution in [2.45, 2.75) is 77.0 Å². The molecule has 0 unspecified atom stereocenters. The molecule has 0 fully saturated rings. The van der Waals surface area contributed by atoms with E-state index < -0.39 is 0 Å². The lowest BCUT2D eigenvalue weighted by Gasteiger charge is -2.23. The van der Waals surface area contributed by atoms with Crippen molar-refractivity contribution in [2.75, 3.05) is 0 Å². The van der Waals surface area contributed by atoms with E-state index in [-0.39, 0.29) is 21.7 Å².